The molecule has 1 aromatic carbocycles. The topological polar surface area (TPSA) is 43.8 Å². The van der Waals surface area contributed by atoms with Gasteiger partial charge in [-0.25, -0.2) is 0 Å². The summed E-state index contributed by atoms with van der Waals surface area (Å²) in [4.78, 5) is 16.1. The molecule has 2 unspecified atom stereocenters. The Morgan fingerprint density at radius 2 is 2.29 bits per heavy atom. The lowest BCUT2D eigenvalue weighted by Crippen LogP contribution is -2.69. The highest BCUT2D eigenvalue weighted by Crippen LogP contribution is 2.32. The van der Waals surface area contributed by atoms with E-state index in [1.807, 2.05) is 24.1 Å². The molecule has 3 aliphatic rings. The average molecular weight is 232 g/mol. The third-order valence-electron chi connectivity index (χ3n) is 3.87. The van der Waals surface area contributed by atoms with Crippen molar-refractivity contribution < 1.29 is 9.90 Å². The van der Waals surface area contributed by atoms with E-state index in [0.717, 1.165) is 18.5 Å². The molecule has 17 heavy (non-hydrogen) atoms. The van der Waals surface area contributed by atoms with Gasteiger partial charge >= 0.3 is 0 Å². The van der Waals surface area contributed by atoms with E-state index < -0.39 is 0 Å². The van der Waals surface area contributed by atoms with Crippen LogP contribution in [0.25, 0.3) is 0 Å². The maximum absolute atomic E-state index is 12.1. The number of amides is 1. The second-order valence-electron chi connectivity index (χ2n) is 4.96. The van der Waals surface area contributed by atoms with Crippen LogP contribution < -0.4 is 0 Å². The third-order valence-corrected chi connectivity index (χ3v) is 3.87. The molecule has 0 radical (unpaired) electrons. The summed E-state index contributed by atoms with van der Waals surface area (Å²) in [6.07, 6.45) is 1.01. The molecule has 2 bridgehead atoms. The largest absolute Gasteiger partial charge is 0.508 e. The number of nitrogens with zero attached hydrogens (tertiary/aromatic N) is 2. The normalized spacial score (nSPS) is 28.1. The number of carbonyl (C=O) groups is 1. The van der Waals surface area contributed by atoms with Crippen LogP contribution in [0, 0.1) is 0 Å². The molecule has 1 N–H and O–H groups in total. The van der Waals surface area contributed by atoms with E-state index >= 15 is 0 Å². The van der Waals surface area contributed by atoms with E-state index in [1.165, 1.54) is 0 Å². The number of phenols is 1. The number of benzene rings is 1. The van der Waals surface area contributed by atoms with Crippen LogP contribution in [-0.4, -0.2) is 46.5 Å². The van der Waals surface area contributed by atoms with Crippen molar-refractivity contribution in [3.8, 4) is 5.75 Å². The standard InChI is InChI=1S/C13H16N2O2/c1-14-10-6-12(14)13(17)15(8-10)7-9-3-2-4-11(16)5-9/h2-5,10,12,16H,6-8H2,1H3. The molecule has 0 spiro atoms. The molecule has 0 aromatic heterocycles. The number of hydrogen-bond donors (Lipinski definition) is 1. The highest BCUT2D eigenvalue weighted by Gasteiger charge is 2.47. The van der Waals surface area contributed by atoms with Crippen LogP contribution in [0.15, 0.2) is 24.3 Å². The van der Waals surface area contributed by atoms with Crippen LogP contribution in [0.4, 0.5) is 0 Å². The molecule has 2 atom stereocenters. The molecule has 4 heteroatoms. The van der Waals surface area contributed by atoms with Crippen molar-refractivity contribution in [3.05, 3.63) is 29.8 Å². The zero-order chi connectivity index (χ0) is 12.0. The van der Waals surface area contributed by atoms with Gasteiger partial charge in [0.2, 0.25) is 5.91 Å². The molecule has 4 nitrogen and oxygen atoms in total. The summed E-state index contributed by atoms with van der Waals surface area (Å²) < 4.78 is 0. The summed E-state index contributed by atoms with van der Waals surface area (Å²) in [6.45, 7) is 1.41. The first-order valence-corrected chi connectivity index (χ1v) is 5.94. The molecule has 3 heterocycles. The highest BCUT2D eigenvalue weighted by molar-refractivity contribution is 5.84. The average Bonchev–Trinajstić information content (AvgIpc) is 2.30. The Hall–Kier alpha value is -1.55. The van der Waals surface area contributed by atoms with Crippen LogP contribution in [-0.2, 0) is 11.3 Å². The van der Waals surface area contributed by atoms with E-state index in [4.69, 9.17) is 0 Å². The molecular weight excluding hydrogens is 216 g/mol. The predicted molar refractivity (Wildman–Crippen MR) is 63.5 cm³/mol. The molecule has 0 aliphatic carbocycles. The number of rotatable bonds is 2. The molecular formula is C13H16N2O2. The van der Waals surface area contributed by atoms with Crippen molar-refractivity contribution in [2.24, 2.45) is 0 Å². The lowest BCUT2D eigenvalue weighted by Gasteiger charge is -2.53. The Bertz CT molecular complexity index is 460. The number of fused-ring (bicyclic) bond motifs is 2. The zero-order valence-corrected chi connectivity index (χ0v) is 9.84. The molecule has 3 fully saturated rings. The van der Waals surface area contributed by atoms with E-state index in [-0.39, 0.29) is 17.7 Å². The number of piperazine rings is 1. The van der Waals surface area contributed by atoms with Gasteiger partial charge in [0.15, 0.2) is 0 Å². The fourth-order valence-corrected chi connectivity index (χ4v) is 2.76. The maximum atomic E-state index is 12.1. The summed E-state index contributed by atoms with van der Waals surface area (Å²) >= 11 is 0. The van der Waals surface area contributed by atoms with Crippen molar-refractivity contribution in [2.75, 3.05) is 13.6 Å². The van der Waals surface area contributed by atoms with Gasteiger partial charge in [-0.2, -0.15) is 0 Å². The van der Waals surface area contributed by atoms with Crippen LogP contribution in [0.2, 0.25) is 0 Å². The fraction of sp³-hybridized carbons (Fsp3) is 0.462. The van der Waals surface area contributed by atoms with Crippen LogP contribution in [0.3, 0.4) is 0 Å². The minimum Gasteiger partial charge on any atom is -0.508 e. The molecule has 1 amide bonds. The van der Waals surface area contributed by atoms with Gasteiger partial charge in [-0.1, -0.05) is 12.1 Å². The SMILES string of the molecule is CN1C2CC1C(=O)N(Cc1cccc(O)c1)C2. The van der Waals surface area contributed by atoms with E-state index in [2.05, 4.69) is 4.90 Å². The molecule has 0 saturated carbocycles. The number of hydrogen-bond acceptors (Lipinski definition) is 3. The van der Waals surface area contributed by atoms with Gasteiger partial charge in [0.25, 0.3) is 0 Å². The first-order chi connectivity index (χ1) is 8.15. The van der Waals surface area contributed by atoms with Crippen LogP contribution in [0.5, 0.6) is 5.75 Å². The summed E-state index contributed by atoms with van der Waals surface area (Å²) in [6, 6.07) is 7.73. The number of piperidine rings is 1. The number of phenolic OH excluding ortho intramolecular Hbond substituents is 1. The molecule has 4 rings (SSSR count). The summed E-state index contributed by atoms with van der Waals surface area (Å²) in [5.74, 6) is 0.479. The van der Waals surface area contributed by atoms with Crippen molar-refractivity contribution in [2.45, 2.75) is 25.0 Å². The molecule has 3 aliphatic heterocycles. The Morgan fingerprint density at radius 3 is 2.94 bits per heavy atom. The summed E-state index contributed by atoms with van der Waals surface area (Å²) in [5, 5.41) is 9.40. The van der Waals surface area contributed by atoms with Gasteiger partial charge < -0.3 is 10.0 Å². The Kier molecular flexibility index (Phi) is 2.33. The minimum atomic E-state index is 0.0889. The van der Waals surface area contributed by atoms with E-state index in [1.54, 1.807) is 12.1 Å². The Morgan fingerprint density at radius 1 is 1.47 bits per heavy atom. The Labute approximate surface area is 100 Å². The number of likely N-dealkylation sites (N-methyl/N-ethyl adjacent to an activating group) is 1. The van der Waals surface area contributed by atoms with E-state index in [9.17, 15) is 9.90 Å². The molecule has 90 valence electrons. The monoisotopic (exact) mass is 232 g/mol. The van der Waals surface area contributed by atoms with E-state index in [0.29, 0.717) is 12.6 Å². The van der Waals surface area contributed by atoms with Crippen molar-refractivity contribution in [1.29, 1.82) is 0 Å². The summed E-state index contributed by atoms with van der Waals surface area (Å²) in [7, 11) is 2.02. The summed E-state index contributed by atoms with van der Waals surface area (Å²) in [5.41, 5.74) is 0.988. The quantitative estimate of drug-likeness (QED) is 0.820. The van der Waals surface area contributed by atoms with Crippen molar-refractivity contribution >= 4 is 5.91 Å². The second kappa shape index (κ2) is 3.74. The van der Waals surface area contributed by atoms with Gasteiger partial charge in [0.05, 0.1) is 6.04 Å². The maximum Gasteiger partial charge on any atom is 0.240 e. The van der Waals surface area contributed by atoms with Gasteiger partial charge in [0, 0.05) is 19.1 Å². The fourth-order valence-electron chi connectivity index (χ4n) is 2.76. The van der Waals surface area contributed by atoms with Crippen LogP contribution >= 0.6 is 0 Å². The van der Waals surface area contributed by atoms with Crippen molar-refractivity contribution in [3.63, 3.8) is 0 Å². The molecule has 3 saturated heterocycles. The first-order valence-electron chi connectivity index (χ1n) is 5.94. The van der Waals surface area contributed by atoms with Gasteiger partial charge in [-0.05, 0) is 31.2 Å². The Balaban J connectivity index is 1.73. The number of carbonyl (C=O) groups excluding carboxylic acids is 1. The van der Waals surface area contributed by atoms with Crippen molar-refractivity contribution in [1.82, 2.24) is 9.80 Å². The van der Waals surface area contributed by atoms with Gasteiger partial charge in [-0.3, -0.25) is 9.69 Å². The molecule has 1 aromatic rings. The van der Waals surface area contributed by atoms with Gasteiger partial charge in [-0.15, -0.1) is 0 Å². The third kappa shape index (κ3) is 1.69. The lowest BCUT2D eigenvalue weighted by molar-refractivity contribution is -0.157. The lowest BCUT2D eigenvalue weighted by atomic mass is 9.87. The van der Waals surface area contributed by atoms with Gasteiger partial charge in [0.1, 0.15) is 5.75 Å². The predicted octanol–water partition coefficient (Wildman–Crippen LogP) is 0.807. The van der Waals surface area contributed by atoms with Crippen LogP contribution in [0.1, 0.15) is 12.0 Å². The minimum absolute atomic E-state index is 0.0889. The highest BCUT2D eigenvalue weighted by atomic mass is 16.3. The number of aromatic hydroxyl groups is 1. The second-order valence-corrected chi connectivity index (χ2v) is 4.96. The smallest absolute Gasteiger partial charge is 0.240 e. The zero-order valence-electron chi connectivity index (χ0n) is 9.84. The first kappa shape index (κ1) is 10.6.